The molecule has 0 aliphatic carbocycles. The van der Waals surface area contributed by atoms with Crippen molar-refractivity contribution >= 4 is 51.7 Å². The van der Waals surface area contributed by atoms with E-state index in [-0.39, 0.29) is 5.75 Å². The minimum atomic E-state index is -1.69. The number of thioether (sulfide) groups is 1. The largest absolute Gasteiger partial charge is 0.346 e. The van der Waals surface area contributed by atoms with E-state index >= 15 is 0 Å². The number of carbonyl (C=O) groups is 2. The van der Waals surface area contributed by atoms with Gasteiger partial charge in [0.05, 0.1) is 23.5 Å². The Kier molecular flexibility index (Phi) is 7.46. The molecule has 1 heterocycles. The van der Waals surface area contributed by atoms with Crippen molar-refractivity contribution in [3.8, 4) is 0 Å². The maximum atomic E-state index is 13.7. The third-order valence-corrected chi connectivity index (χ3v) is 5.55. The molecular formula is C24H18F3N5O2S. The van der Waals surface area contributed by atoms with Crippen molar-refractivity contribution in [2.75, 3.05) is 22.9 Å². The molecular weight excluding hydrogens is 479 g/mol. The maximum absolute atomic E-state index is 13.7. The number of para-hydroxylation sites is 2. The highest BCUT2D eigenvalue weighted by Gasteiger charge is 2.16. The first-order valence-corrected chi connectivity index (χ1v) is 11.3. The molecule has 11 heteroatoms. The number of aromatic nitrogens is 2. The summed E-state index contributed by atoms with van der Waals surface area (Å²) in [6, 6.07) is 18.5. The highest BCUT2D eigenvalue weighted by atomic mass is 32.2. The molecule has 1 aromatic heterocycles. The molecule has 0 unspecified atom stereocenters. The van der Waals surface area contributed by atoms with E-state index in [0.717, 1.165) is 28.9 Å². The third kappa shape index (κ3) is 6.07. The summed E-state index contributed by atoms with van der Waals surface area (Å²) in [7, 11) is 0. The number of nitrogens with one attached hydrogen (secondary N) is 3. The van der Waals surface area contributed by atoms with E-state index in [4.69, 9.17) is 0 Å². The number of benzene rings is 3. The summed E-state index contributed by atoms with van der Waals surface area (Å²) in [5.74, 6) is -5.39. The number of amides is 2. The van der Waals surface area contributed by atoms with E-state index in [0.29, 0.717) is 22.6 Å². The highest BCUT2D eigenvalue weighted by molar-refractivity contribution is 7.99. The molecule has 0 aliphatic rings. The molecule has 0 atom stereocenters. The average molecular weight is 498 g/mol. The molecule has 0 spiro atoms. The van der Waals surface area contributed by atoms with Gasteiger partial charge in [0.25, 0.3) is 0 Å². The minimum absolute atomic E-state index is 0.0874. The average Bonchev–Trinajstić information content (AvgIpc) is 2.87. The molecule has 0 saturated heterocycles. The Hall–Kier alpha value is -4.12. The van der Waals surface area contributed by atoms with E-state index < -0.39 is 41.5 Å². The first kappa shape index (κ1) is 24.0. The predicted molar refractivity (Wildman–Crippen MR) is 128 cm³/mol. The Balaban J connectivity index is 1.36. The van der Waals surface area contributed by atoms with E-state index in [9.17, 15) is 22.8 Å². The fourth-order valence-electron chi connectivity index (χ4n) is 3.05. The molecule has 178 valence electrons. The fraction of sp³-hybridized carbons (Fsp3) is 0.0833. The number of nitrogens with zero attached hydrogens (tertiary/aromatic N) is 2. The Morgan fingerprint density at radius 2 is 1.57 bits per heavy atom. The zero-order chi connectivity index (χ0) is 24.8. The molecule has 35 heavy (non-hydrogen) atoms. The molecule has 0 saturated carbocycles. The molecule has 0 fully saturated rings. The van der Waals surface area contributed by atoms with Crippen LogP contribution in [0.15, 0.2) is 71.9 Å². The van der Waals surface area contributed by atoms with Crippen LogP contribution in [-0.4, -0.2) is 34.1 Å². The summed E-state index contributed by atoms with van der Waals surface area (Å²) >= 11 is 1.07. The van der Waals surface area contributed by atoms with Crippen LogP contribution in [0.5, 0.6) is 0 Å². The monoisotopic (exact) mass is 497 g/mol. The number of fused-ring (bicyclic) bond motifs is 1. The van der Waals surface area contributed by atoms with Gasteiger partial charge in [0.2, 0.25) is 11.8 Å². The number of carbonyl (C=O) groups excluding carboxylic acids is 2. The lowest BCUT2D eigenvalue weighted by molar-refractivity contribution is -0.122. The van der Waals surface area contributed by atoms with Gasteiger partial charge in [-0.25, -0.2) is 23.1 Å². The lowest BCUT2D eigenvalue weighted by Gasteiger charge is -2.11. The summed E-state index contributed by atoms with van der Waals surface area (Å²) in [5.41, 5.74) is 1.01. The molecule has 4 aromatic rings. The first-order valence-electron chi connectivity index (χ1n) is 10.3. The predicted octanol–water partition coefficient (Wildman–Crippen LogP) is 4.64. The Labute approximate surface area is 202 Å². The zero-order valence-corrected chi connectivity index (χ0v) is 18.8. The van der Waals surface area contributed by atoms with Crippen molar-refractivity contribution in [2.45, 2.75) is 5.16 Å². The standard InChI is InChI=1S/C24H18F3N5O2S/c25-16-10-11-18(22(27)21(16)26)30-19(33)12-28-20(34)13-35-24-31-17-9-5-4-8-15(17)23(32-24)29-14-6-2-1-3-7-14/h1-11H,12-13H2,(H,28,34)(H,30,33)(H,29,31,32). The summed E-state index contributed by atoms with van der Waals surface area (Å²) in [4.78, 5) is 33.2. The van der Waals surface area contributed by atoms with Crippen LogP contribution in [0.4, 0.5) is 30.4 Å². The van der Waals surface area contributed by atoms with Gasteiger partial charge in [-0.1, -0.05) is 42.1 Å². The van der Waals surface area contributed by atoms with Gasteiger partial charge in [-0.05, 0) is 36.4 Å². The lowest BCUT2D eigenvalue weighted by atomic mass is 10.2. The summed E-state index contributed by atoms with van der Waals surface area (Å²) in [6.07, 6.45) is 0. The van der Waals surface area contributed by atoms with Crippen molar-refractivity contribution in [1.29, 1.82) is 0 Å². The van der Waals surface area contributed by atoms with E-state index in [1.54, 1.807) is 0 Å². The summed E-state index contributed by atoms with van der Waals surface area (Å²) in [5, 5.41) is 8.88. The Morgan fingerprint density at radius 3 is 2.37 bits per heavy atom. The number of rotatable bonds is 8. The number of hydrogen-bond acceptors (Lipinski definition) is 6. The normalized spacial score (nSPS) is 10.7. The fourth-order valence-corrected chi connectivity index (χ4v) is 3.73. The van der Waals surface area contributed by atoms with Crippen LogP contribution in [0.2, 0.25) is 0 Å². The van der Waals surface area contributed by atoms with Gasteiger partial charge in [0.1, 0.15) is 5.82 Å². The molecule has 3 N–H and O–H groups in total. The molecule has 2 amide bonds. The second-order valence-electron chi connectivity index (χ2n) is 7.20. The van der Waals surface area contributed by atoms with Gasteiger partial charge < -0.3 is 16.0 Å². The van der Waals surface area contributed by atoms with Crippen LogP contribution in [0.25, 0.3) is 10.9 Å². The van der Waals surface area contributed by atoms with Gasteiger partial charge in [-0.2, -0.15) is 0 Å². The maximum Gasteiger partial charge on any atom is 0.243 e. The Morgan fingerprint density at radius 1 is 0.829 bits per heavy atom. The molecule has 7 nitrogen and oxygen atoms in total. The van der Waals surface area contributed by atoms with Crippen molar-refractivity contribution in [3.63, 3.8) is 0 Å². The van der Waals surface area contributed by atoms with Gasteiger partial charge in [-0.15, -0.1) is 0 Å². The number of anilines is 3. The quantitative estimate of drug-likeness (QED) is 0.187. The zero-order valence-electron chi connectivity index (χ0n) is 18.0. The summed E-state index contributed by atoms with van der Waals surface area (Å²) < 4.78 is 39.9. The van der Waals surface area contributed by atoms with Crippen LogP contribution >= 0.6 is 11.8 Å². The number of halogens is 3. The van der Waals surface area contributed by atoms with Gasteiger partial charge >= 0.3 is 0 Å². The first-order chi connectivity index (χ1) is 16.9. The van der Waals surface area contributed by atoms with Crippen LogP contribution in [-0.2, 0) is 9.59 Å². The SMILES string of the molecule is O=C(CSc1nc(Nc2ccccc2)c2ccccc2n1)NCC(=O)Nc1ccc(F)c(F)c1F. The van der Waals surface area contributed by atoms with E-state index in [1.807, 2.05) is 54.6 Å². The number of hydrogen-bond donors (Lipinski definition) is 3. The van der Waals surface area contributed by atoms with Crippen LogP contribution in [0.3, 0.4) is 0 Å². The van der Waals surface area contributed by atoms with Crippen molar-refractivity contribution in [1.82, 2.24) is 15.3 Å². The van der Waals surface area contributed by atoms with E-state index in [1.165, 1.54) is 0 Å². The second kappa shape index (κ2) is 10.9. The smallest absolute Gasteiger partial charge is 0.243 e. The van der Waals surface area contributed by atoms with Gasteiger partial charge in [0, 0.05) is 11.1 Å². The van der Waals surface area contributed by atoms with E-state index in [2.05, 4.69) is 25.9 Å². The molecule has 4 rings (SSSR count). The molecule has 3 aromatic carbocycles. The van der Waals surface area contributed by atoms with Crippen molar-refractivity contribution in [3.05, 3.63) is 84.2 Å². The third-order valence-electron chi connectivity index (χ3n) is 4.71. The Bertz CT molecular complexity index is 1390. The van der Waals surface area contributed by atoms with Gasteiger partial charge in [0.15, 0.2) is 22.6 Å². The highest BCUT2D eigenvalue weighted by Crippen LogP contribution is 2.26. The van der Waals surface area contributed by atoms with Gasteiger partial charge in [-0.3, -0.25) is 9.59 Å². The molecule has 0 radical (unpaired) electrons. The van der Waals surface area contributed by atoms with Crippen LogP contribution < -0.4 is 16.0 Å². The van der Waals surface area contributed by atoms with Crippen molar-refractivity contribution in [2.24, 2.45) is 0 Å². The second-order valence-corrected chi connectivity index (χ2v) is 8.14. The summed E-state index contributed by atoms with van der Waals surface area (Å²) in [6.45, 7) is -0.489. The van der Waals surface area contributed by atoms with Crippen LogP contribution in [0, 0.1) is 17.5 Å². The van der Waals surface area contributed by atoms with Crippen LogP contribution in [0.1, 0.15) is 0 Å². The molecule has 0 aliphatic heterocycles. The minimum Gasteiger partial charge on any atom is -0.346 e. The molecule has 0 bridgehead atoms. The van der Waals surface area contributed by atoms with Crippen molar-refractivity contribution < 1.29 is 22.8 Å². The lowest BCUT2D eigenvalue weighted by Crippen LogP contribution is -2.34. The topological polar surface area (TPSA) is 96.0 Å².